The molecular formula is C15H19ClF3N3O2S. The first-order valence-corrected chi connectivity index (χ1v) is 10.2. The van der Waals surface area contributed by atoms with E-state index in [2.05, 4.69) is 9.35 Å². The Morgan fingerprint density at radius 2 is 2.04 bits per heavy atom. The van der Waals surface area contributed by atoms with Gasteiger partial charge in [0.25, 0.3) is 5.91 Å². The van der Waals surface area contributed by atoms with Crippen LogP contribution in [0.3, 0.4) is 0 Å². The van der Waals surface area contributed by atoms with E-state index in [0.29, 0.717) is 31.7 Å². The number of nitrogens with zero attached hydrogens (tertiary/aromatic N) is 3. The van der Waals surface area contributed by atoms with Crippen LogP contribution < -0.4 is 4.90 Å². The van der Waals surface area contributed by atoms with E-state index < -0.39 is 21.5 Å². The number of piperidine rings is 1. The van der Waals surface area contributed by atoms with Gasteiger partial charge in [-0.15, -0.1) is 0 Å². The summed E-state index contributed by atoms with van der Waals surface area (Å²) in [6.07, 6.45) is -1.38. The molecule has 2 heterocycles. The second-order valence-electron chi connectivity index (χ2n) is 5.97. The van der Waals surface area contributed by atoms with Crippen molar-refractivity contribution in [1.29, 1.82) is 0 Å². The number of hydrogen-bond acceptors (Lipinski definition) is 4. The van der Waals surface area contributed by atoms with Crippen LogP contribution >= 0.6 is 11.6 Å². The minimum absolute atomic E-state index is 0.0770. The van der Waals surface area contributed by atoms with Crippen LogP contribution in [-0.2, 0) is 20.7 Å². The molecule has 1 aliphatic rings. The highest BCUT2D eigenvalue weighted by Crippen LogP contribution is 2.34. The second kappa shape index (κ2) is 7.49. The van der Waals surface area contributed by atoms with E-state index in [1.807, 2.05) is 0 Å². The van der Waals surface area contributed by atoms with Gasteiger partial charge in [0.1, 0.15) is 5.82 Å². The number of amides is 1. The molecule has 0 aliphatic carbocycles. The van der Waals surface area contributed by atoms with E-state index in [9.17, 15) is 22.2 Å². The van der Waals surface area contributed by atoms with Gasteiger partial charge in [0.05, 0.1) is 20.3 Å². The molecule has 1 aliphatic heterocycles. The minimum Gasteiger partial charge on any atom is -0.355 e. The van der Waals surface area contributed by atoms with Crippen LogP contribution in [0.4, 0.5) is 19.0 Å². The first-order chi connectivity index (χ1) is 11.5. The second-order valence-corrected chi connectivity index (χ2v) is 9.05. The summed E-state index contributed by atoms with van der Waals surface area (Å²) in [4.78, 5) is 17.7. The molecule has 1 amide bonds. The number of anilines is 1. The molecule has 1 aromatic heterocycles. The van der Waals surface area contributed by atoms with Crippen LogP contribution in [0.1, 0.15) is 25.3 Å². The van der Waals surface area contributed by atoms with Gasteiger partial charge in [0, 0.05) is 37.2 Å². The molecule has 5 nitrogen and oxygen atoms in total. The van der Waals surface area contributed by atoms with Gasteiger partial charge in [0.2, 0.25) is 0 Å². The molecule has 1 unspecified atom stereocenters. The summed E-state index contributed by atoms with van der Waals surface area (Å²) >= 11 is 5.95. The molecule has 1 aromatic rings. The molecule has 1 atom stereocenters. The van der Waals surface area contributed by atoms with E-state index in [4.69, 9.17) is 11.6 Å². The molecule has 0 bridgehead atoms. The molecule has 140 valence electrons. The summed E-state index contributed by atoms with van der Waals surface area (Å²) in [6, 6.07) is 0.851. The van der Waals surface area contributed by atoms with Gasteiger partial charge in [0.15, 0.2) is 0 Å². The predicted octanol–water partition coefficient (Wildman–Crippen LogP) is 3.61. The molecule has 0 N–H and O–H groups in total. The van der Waals surface area contributed by atoms with Gasteiger partial charge in [-0.3, -0.25) is 4.79 Å². The van der Waals surface area contributed by atoms with Crippen molar-refractivity contribution in [3.05, 3.63) is 22.8 Å². The lowest BCUT2D eigenvalue weighted by atomic mass is 9.96. The third kappa shape index (κ3) is 5.07. The SMILES string of the molecule is CCS(C)(=O)=NC(=O)C1CCN(c2ncc(C(F)(F)F)cc2Cl)CC1. The molecule has 0 spiro atoms. The van der Waals surface area contributed by atoms with Gasteiger partial charge < -0.3 is 4.90 Å². The smallest absolute Gasteiger partial charge is 0.355 e. The number of alkyl halides is 3. The molecular weight excluding hydrogens is 379 g/mol. The first kappa shape index (κ1) is 20.0. The average Bonchev–Trinajstić information content (AvgIpc) is 2.53. The highest BCUT2D eigenvalue weighted by molar-refractivity contribution is 7.93. The van der Waals surface area contributed by atoms with Crippen molar-refractivity contribution in [3.8, 4) is 0 Å². The largest absolute Gasteiger partial charge is 0.417 e. The fourth-order valence-corrected chi connectivity index (χ4v) is 3.43. The van der Waals surface area contributed by atoms with Crippen LogP contribution in [-0.4, -0.2) is 40.2 Å². The lowest BCUT2D eigenvalue weighted by molar-refractivity contribution is -0.137. The van der Waals surface area contributed by atoms with Crippen molar-refractivity contribution in [1.82, 2.24) is 4.98 Å². The summed E-state index contributed by atoms with van der Waals surface area (Å²) in [7, 11) is -2.49. The number of pyridine rings is 1. The van der Waals surface area contributed by atoms with Crippen molar-refractivity contribution in [3.63, 3.8) is 0 Å². The van der Waals surface area contributed by atoms with Crippen molar-refractivity contribution < 1.29 is 22.2 Å². The molecule has 0 saturated carbocycles. The van der Waals surface area contributed by atoms with Crippen molar-refractivity contribution in [2.75, 3.05) is 30.0 Å². The average molecular weight is 398 g/mol. The van der Waals surface area contributed by atoms with E-state index in [-0.39, 0.29) is 22.7 Å². The Labute approximate surface area is 149 Å². The fraction of sp³-hybridized carbons (Fsp3) is 0.600. The molecule has 10 heteroatoms. The van der Waals surface area contributed by atoms with Crippen LogP contribution in [0.5, 0.6) is 0 Å². The first-order valence-electron chi connectivity index (χ1n) is 7.75. The van der Waals surface area contributed by atoms with Gasteiger partial charge in [-0.25, -0.2) is 9.19 Å². The van der Waals surface area contributed by atoms with Crippen LogP contribution in [0.2, 0.25) is 5.02 Å². The van der Waals surface area contributed by atoms with Crippen molar-refractivity contribution >= 4 is 33.1 Å². The highest BCUT2D eigenvalue weighted by Gasteiger charge is 2.33. The molecule has 0 aromatic carbocycles. The summed E-state index contributed by atoms with van der Waals surface area (Å²) < 4.78 is 53.7. The Kier molecular flexibility index (Phi) is 5.98. The zero-order chi connectivity index (χ0) is 18.8. The quantitative estimate of drug-likeness (QED) is 0.781. The zero-order valence-corrected chi connectivity index (χ0v) is 15.4. The maximum atomic E-state index is 12.7. The Morgan fingerprint density at radius 1 is 1.44 bits per heavy atom. The number of carbonyl (C=O) groups excluding carboxylic acids is 1. The number of rotatable bonds is 3. The standard InChI is InChI=1S/C15H19ClF3N3O2S/c1-3-25(2,24)21-14(23)10-4-6-22(7-5-10)13-12(16)8-11(9-20-13)15(17,18)19/h8-10H,3-7H2,1-2H3. The lowest BCUT2D eigenvalue weighted by Crippen LogP contribution is -2.37. The minimum atomic E-state index is -4.50. The van der Waals surface area contributed by atoms with Crippen LogP contribution in [0.15, 0.2) is 16.6 Å². The molecule has 1 fully saturated rings. The predicted molar refractivity (Wildman–Crippen MR) is 91.2 cm³/mol. The number of halogens is 4. The van der Waals surface area contributed by atoms with E-state index in [1.54, 1.807) is 11.8 Å². The zero-order valence-electron chi connectivity index (χ0n) is 13.8. The number of aromatic nitrogens is 1. The van der Waals surface area contributed by atoms with E-state index >= 15 is 0 Å². The lowest BCUT2D eigenvalue weighted by Gasteiger charge is -2.32. The molecule has 1 saturated heterocycles. The third-order valence-electron chi connectivity index (χ3n) is 4.11. The van der Waals surface area contributed by atoms with Crippen molar-refractivity contribution in [2.24, 2.45) is 10.3 Å². The highest BCUT2D eigenvalue weighted by atomic mass is 35.5. The summed E-state index contributed by atoms with van der Waals surface area (Å²) in [5, 5.41) is -0.0770. The number of hydrogen-bond donors (Lipinski definition) is 0. The van der Waals surface area contributed by atoms with E-state index in [1.165, 1.54) is 6.26 Å². The maximum Gasteiger partial charge on any atom is 0.417 e. The monoisotopic (exact) mass is 397 g/mol. The Morgan fingerprint density at radius 3 is 2.52 bits per heavy atom. The maximum absolute atomic E-state index is 12.7. The Balaban J connectivity index is 2.07. The molecule has 0 radical (unpaired) electrons. The van der Waals surface area contributed by atoms with Gasteiger partial charge in [-0.1, -0.05) is 18.5 Å². The van der Waals surface area contributed by atoms with Gasteiger partial charge in [-0.2, -0.15) is 17.5 Å². The van der Waals surface area contributed by atoms with E-state index in [0.717, 1.165) is 12.3 Å². The third-order valence-corrected chi connectivity index (χ3v) is 6.03. The van der Waals surface area contributed by atoms with Gasteiger partial charge in [-0.05, 0) is 18.9 Å². The molecule has 2 rings (SSSR count). The fourth-order valence-electron chi connectivity index (χ4n) is 2.49. The Bertz CT molecular complexity index is 768. The van der Waals surface area contributed by atoms with Gasteiger partial charge >= 0.3 is 6.18 Å². The molecule has 25 heavy (non-hydrogen) atoms. The summed E-state index contributed by atoms with van der Waals surface area (Å²) in [5.41, 5.74) is -0.901. The Hall–Kier alpha value is -1.35. The van der Waals surface area contributed by atoms with Crippen molar-refractivity contribution in [2.45, 2.75) is 25.9 Å². The summed E-state index contributed by atoms with van der Waals surface area (Å²) in [6.45, 7) is 2.54. The topological polar surface area (TPSA) is 62.6 Å². The van der Waals surface area contributed by atoms with Crippen LogP contribution in [0.25, 0.3) is 0 Å². The normalized spacial score (nSPS) is 18.7. The summed E-state index contributed by atoms with van der Waals surface area (Å²) in [5.74, 6) is -0.134. The van der Waals surface area contributed by atoms with Crippen LogP contribution in [0, 0.1) is 5.92 Å². The number of carbonyl (C=O) groups is 1.